The average molecular weight is 292 g/mol. The van der Waals surface area contributed by atoms with Gasteiger partial charge in [-0.25, -0.2) is 4.98 Å². The van der Waals surface area contributed by atoms with Gasteiger partial charge in [0.05, 0.1) is 5.38 Å². The molecule has 0 spiro atoms. The molecule has 1 unspecified atom stereocenters. The summed E-state index contributed by atoms with van der Waals surface area (Å²) in [6, 6.07) is 2.04. The molecule has 4 heteroatoms. The first-order valence-electron chi connectivity index (χ1n) is 5.13. The summed E-state index contributed by atoms with van der Waals surface area (Å²) in [5, 5.41) is 3.44. The van der Waals surface area contributed by atoms with Gasteiger partial charge < -0.3 is 5.32 Å². The van der Waals surface area contributed by atoms with Gasteiger partial charge in [0, 0.05) is 17.2 Å². The van der Waals surface area contributed by atoms with E-state index in [4.69, 9.17) is 11.6 Å². The Morgan fingerprint density at radius 1 is 1.60 bits per heavy atom. The van der Waals surface area contributed by atoms with Gasteiger partial charge in [0.1, 0.15) is 5.82 Å². The topological polar surface area (TPSA) is 24.9 Å². The largest absolute Gasteiger partial charge is 0.368 e. The van der Waals surface area contributed by atoms with Crippen LogP contribution in [0.15, 0.2) is 16.7 Å². The zero-order valence-corrected chi connectivity index (χ0v) is 11.4. The minimum Gasteiger partial charge on any atom is -0.368 e. The third-order valence-corrected chi connectivity index (χ3v) is 2.94. The van der Waals surface area contributed by atoms with Crippen molar-refractivity contribution in [2.75, 3.05) is 11.9 Å². The highest BCUT2D eigenvalue weighted by Gasteiger charge is 2.05. The van der Waals surface area contributed by atoms with Crippen LogP contribution in [-0.2, 0) is 0 Å². The number of rotatable bonds is 5. The first-order valence-corrected chi connectivity index (χ1v) is 6.36. The van der Waals surface area contributed by atoms with E-state index in [2.05, 4.69) is 33.2 Å². The highest BCUT2D eigenvalue weighted by Crippen LogP contribution is 2.17. The lowest BCUT2D eigenvalue weighted by Crippen LogP contribution is -2.15. The SMILES string of the molecule is CCCC(Cl)CNc1ncc(Br)cc1C. The molecule has 2 nitrogen and oxygen atoms in total. The molecule has 1 aromatic rings. The molecule has 1 aromatic heterocycles. The van der Waals surface area contributed by atoms with Crippen LogP contribution in [0.1, 0.15) is 25.3 Å². The molecule has 0 fully saturated rings. The van der Waals surface area contributed by atoms with E-state index in [1.807, 2.05) is 13.0 Å². The molecule has 1 atom stereocenters. The van der Waals surface area contributed by atoms with E-state index in [-0.39, 0.29) is 5.38 Å². The van der Waals surface area contributed by atoms with Gasteiger partial charge in [-0.1, -0.05) is 13.3 Å². The molecular weight excluding hydrogens is 275 g/mol. The molecule has 0 aliphatic carbocycles. The highest BCUT2D eigenvalue weighted by molar-refractivity contribution is 9.10. The van der Waals surface area contributed by atoms with Crippen LogP contribution in [0.5, 0.6) is 0 Å². The normalized spacial score (nSPS) is 12.5. The predicted octanol–water partition coefficient (Wildman–Crippen LogP) is 3.97. The fourth-order valence-electron chi connectivity index (χ4n) is 1.35. The summed E-state index contributed by atoms with van der Waals surface area (Å²) in [6.45, 7) is 4.94. The molecule has 0 aromatic carbocycles. The van der Waals surface area contributed by atoms with Crippen LogP contribution < -0.4 is 5.32 Å². The second-order valence-electron chi connectivity index (χ2n) is 3.59. The maximum Gasteiger partial charge on any atom is 0.128 e. The third-order valence-electron chi connectivity index (χ3n) is 2.14. The summed E-state index contributed by atoms with van der Waals surface area (Å²) in [5.74, 6) is 0.917. The molecule has 15 heavy (non-hydrogen) atoms. The van der Waals surface area contributed by atoms with Crippen molar-refractivity contribution in [3.05, 3.63) is 22.3 Å². The van der Waals surface area contributed by atoms with Gasteiger partial charge in [0.2, 0.25) is 0 Å². The number of aryl methyl sites for hydroxylation is 1. The van der Waals surface area contributed by atoms with Crippen LogP contribution in [-0.4, -0.2) is 16.9 Å². The number of pyridine rings is 1. The molecule has 0 aliphatic heterocycles. The van der Waals surface area contributed by atoms with Crippen molar-refractivity contribution in [1.29, 1.82) is 0 Å². The van der Waals surface area contributed by atoms with Crippen molar-refractivity contribution < 1.29 is 0 Å². The van der Waals surface area contributed by atoms with Crippen molar-refractivity contribution in [3.63, 3.8) is 0 Å². The first-order chi connectivity index (χ1) is 7.13. The number of anilines is 1. The lowest BCUT2D eigenvalue weighted by atomic mass is 10.2. The summed E-state index contributed by atoms with van der Waals surface area (Å²) in [7, 11) is 0. The van der Waals surface area contributed by atoms with Crippen LogP contribution in [0.25, 0.3) is 0 Å². The second kappa shape index (κ2) is 6.33. The highest BCUT2D eigenvalue weighted by atomic mass is 79.9. The third kappa shape index (κ3) is 4.39. The van der Waals surface area contributed by atoms with Gasteiger partial charge in [0.25, 0.3) is 0 Å². The Bertz CT molecular complexity index is 317. The minimum atomic E-state index is 0.180. The molecule has 0 bridgehead atoms. The van der Waals surface area contributed by atoms with Crippen molar-refractivity contribution in [2.24, 2.45) is 0 Å². The molecular formula is C11H16BrClN2. The summed E-state index contributed by atoms with van der Waals surface area (Å²) < 4.78 is 1.00. The van der Waals surface area contributed by atoms with Crippen LogP contribution in [0, 0.1) is 6.92 Å². The van der Waals surface area contributed by atoms with Crippen LogP contribution in [0.3, 0.4) is 0 Å². The van der Waals surface area contributed by atoms with E-state index in [1.54, 1.807) is 6.20 Å². The number of halogens is 2. The van der Waals surface area contributed by atoms with E-state index >= 15 is 0 Å². The Morgan fingerprint density at radius 2 is 2.33 bits per heavy atom. The van der Waals surface area contributed by atoms with Gasteiger partial charge in [-0.2, -0.15) is 0 Å². The van der Waals surface area contributed by atoms with E-state index in [9.17, 15) is 0 Å². The Hall–Kier alpha value is -0.280. The lowest BCUT2D eigenvalue weighted by molar-refractivity contribution is 0.750. The fraction of sp³-hybridized carbons (Fsp3) is 0.545. The summed E-state index contributed by atoms with van der Waals surface area (Å²) in [5.41, 5.74) is 1.13. The number of nitrogens with zero attached hydrogens (tertiary/aromatic N) is 1. The second-order valence-corrected chi connectivity index (χ2v) is 5.12. The predicted molar refractivity (Wildman–Crippen MR) is 69.7 cm³/mol. The molecule has 1 rings (SSSR count). The summed E-state index contributed by atoms with van der Waals surface area (Å²) in [4.78, 5) is 4.29. The summed E-state index contributed by atoms with van der Waals surface area (Å²) in [6.07, 6.45) is 3.94. The smallest absolute Gasteiger partial charge is 0.128 e. The van der Waals surface area contributed by atoms with Crippen molar-refractivity contribution in [2.45, 2.75) is 32.1 Å². The number of hydrogen-bond acceptors (Lipinski definition) is 2. The Balaban J connectivity index is 2.50. The van der Waals surface area contributed by atoms with Gasteiger partial charge in [-0.15, -0.1) is 11.6 Å². The number of aromatic nitrogens is 1. The number of nitrogens with one attached hydrogen (secondary N) is 1. The standard InChI is InChI=1S/C11H16BrClN2/c1-3-4-10(13)7-15-11-8(2)5-9(12)6-14-11/h5-6,10H,3-4,7H2,1-2H3,(H,14,15). The van der Waals surface area contributed by atoms with Crippen LogP contribution in [0.2, 0.25) is 0 Å². The first kappa shape index (κ1) is 12.8. The zero-order valence-electron chi connectivity index (χ0n) is 9.06. The maximum absolute atomic E-state index is 6.11. The van der Waals surface area contributed by atoms with Gasteiger partial charge in [0.15, 0.2) is 0 Å². The molecule has 0 saturated carbocycles. The quantitative estimate of drug-likeness (QED) is 0.830. The van der Waals surface area contributed by atoms with E-state index in [1.165, 1.54) is 0 Å². The molecule has 0 radical (unpaired) electrons. The fourth-order valence-corrected chi connectivity index (χ4v) is 2.09. The van der Waals surface area contributed by atoms with Crippen LogP contribution in [0.4, 0.5) is 5.82 Å². The van der Waals surface area contributed by atoms with E-state index in [0.29, 0.717) is 0 Å². The maximum atomic E-state index is 6.11. The van der Waals surface area contributed by atoms with Gasteiger partial charge in [-0.3, -0.25) is 0 Å². The van der Waals surface area contributed by atoms with Crippen LogP contribution >= 0.6 is 27.5 Å². The minimum absolute atomic E-state index is 0.180. The Labute approximate surface area is 105 Å². The molecule has 0 amide bonds. The summed E-state index contributed by atoms with van der Waals surface area (Å²) >= 11 is 9.50. The molecule has 0 aliphatic rings. The van der Waals surface area contributed by atoms with Crippen molar-refractivity contribution >= 4 is 33.3 Å². The van der Waals surface area contributed by atoms with E-state index in [0.717, 1.165) is 35.2 Å². The number of hydrogen-bond donors (Lipinski definition) is 1. The molecule has 0 saturated heterocycles. The number of alkyl halides is 1. The Morgan fingerprint density at radius 3 is 2.93 bits per heavy atom. The average Bonchev–Trinajstić information content (AvgIpc) is 2.17. The molecule has 84 valence electrons. The van der Waals surface area contributed by atoms with Gasteiger partial charge in [-0.05, 0) is 40.9 Å². The monoisotopic (exact) mass is 290 g/mol. The zero-order chi connectivity index (χ0) is 11.3. The molecule has 1 N–H and O–H groups in total. The Kier molecular flexibility index (Phi) is 5.40. The van der Waals surface area contributed by atoms with Gasteiger partial charge >= 0.3 is 0 Å². The van der Waals surface area contributed by atoms with Crippen molar-refractivity contribution in [3.8, 4) is 0 Å². The van der Waals surface area contributed by atoms with Crippen molar-refractivity contribution in [1.82, 2.24) is 4.98 Å². The van der Waals surface area contributed by atoms with E-state index < -0.39 is 0 Å². The molecule has 1 heterocycles. The lowest BCUT2D eigenvalue weighted by Gasteiger charge is -2.12.